The third-order valence-corrected chi connectivity index (χ3v) is 6.11. The first-order valence-electron chi connectivity index (χ1n) is 15.1. The maximum Gasteiger partial charge on any atom is 0.223 e. The van der Waals surface area contributed by atoms with Crippen molar-refractivity contribution in [2.24, 2.45) is 0 Å². The molecule has 1 aromatic heterocycles. The second-order valence-electron chi connectivity index (χ2n) is 9.94. The largest absolute Gasteiger partial charge is 0.355 e. The molecule has 41 heavy (non-hydrogen) atoms. The number of carbonyl (C=O) groups excluding carboxylic acids is 2. The summed E-state index contributed by atoms with van der Waals surface area (Å²) >= 11 is 0. The van der Waals surface area contributed by atoms with Crippen LogP contribution in [0.5, 0.6) is 0 Å². The van der Waals surface area contributed by atoms with Gasteiger partial charge in [0.05, 0.1) is 0 Å². The van der Waals surface area contributed by atoms with Crippen molar-refractivity contribution in [2.45, 2.75) is 71.6 Å². The lowest BCUT2D eigenvalue weighted by molar-refractivity contribution is -0.121. The molecule has 6 nitrogen and oxygen atoms in total. The Hall–Kier alpha value is -3.51. The molecule has 0 radical (unpaired) electrons. The fraction of sp³-hybridized carbons (Fsp3) is 0.457. The van der Waals surface area contributed by atoms with E-state index in [9.17, 15) is 9.59 Å². The number of amides is 2. The highest BCUT2D eigenvalue weighted by Gasteiger charge is 2.03. The summed E-state index contributed by atoms with van der Waals surface area (Å²) in [4.78, 5) is 30.4. The summed E-state index contributed by atoms with van der Waals surface area (Å²) < 4.78 is 0. The van der Waals surface area contributed by atoms with Gasteiger partial charge in [-0.05, 0) is 70.5 Å². The molecule has 2 N–H and O–H groups in total. The zero-order chi connectivity index (χ0) is 29.8. The first-order valence-corrected chi connectivity index (χ1v) is 15.1. The molecule has 0 fully saturated rings. The van der Waals surface area contributed by atoms with Gasteiger partial charge in [0, 0.05) is 50.9 Å². The second kappa shape index (κ2) is 25.5. The lowest BCUT2D eigenvalue weighted by Crippen LogP contribution is -2.37. The Morgan fingerprint density at radius 3 is 1.90 bits per heavy atom. The van der Waals surface area contributed by atoms with Gasteiger partial charge in [0.2, 0.25) is 11.8 Å². The third kappa shape index (κ3) is 22.9. The predicted octanol–water partition coefficient (Wildman–Crippen LogP) is 6.88. The van der Waals surface area contributed by atoms with Gasteiger partial charge in [-0.3, -0.25) is 14.6 Å². The zero-order valence-electron chi connectivity index (χ0n) is 25.6. The van der Waals surface area contributed by atoms with Crippen molar-refractivity contribution in [2.75, 3.05) is 33.2 Å². The Kier molecular flexibility index (Phi) is 22.1. The van der Waals surface area contributed by atoms with Gasteiger partial charge >= 0.3 is 0 Å². The van der Waals surface area contributed by atoms with Gasteiger partial charge in [-0.25, -0.2) is 0 Å². The Balaban J connectivity index is 1.97. The van der Waals surface area contributed by atoms with Crippen LogP contribution in [0.15, 0.2) is 85.2 Å². The van der Waals surface area contributed by atoms with Crippen molar-refractivity contribution in [3.8, 4) is 0 Å². The van der Waals surface area contributed by atoms with Crippen molar-refractivity contribution >= 4 is 17.9 Å². The van der Waals surface area contributed by atoms with Gasteiger partial charge in [-0.1, -0.05) is 85.9 Å². The zero-order valence-corrected chi connectivity index (χ0v) is 25.6. The van der Waals surface area contributed by atoms with Gasteiger partial charge < -0.3 is 15.5 Å². The van der Waals surface area contributed by atoms with Crippen LogP contribution in [0.3, 0.4) is 0 Å². The van der Waals surface area contributed by atoms with Gasteiger partial charge in [0.15, 0.2) is 0 Å². The summed E-state index contributed by atoms with van der Waals surface area (Å²) in [5, 5.41) is 5.91. The molecule has 0 spiro atoms. The summed E-state index contributed by atoms with van der Waals surface area (Å²) in [5.74, 6) is 0.0881. The van der Waals surface area contributed by atoms with E-state index in [-0.39, 0.29) is 11.8 Å². The van der Waals surface area contributed by atoms with E-state index in [0.717, 1.165) is 69.3 Å². The molecular weight excluding hydrogens is 508 g/mol. The van der Waals surface area contributed by atoms with Gasteiger partial charge in [0.1, 0.15) is 0 Å². The minimum Gasteiger partial charge on any atom is -0.355 e. The summed E-state index contributed by atoms with van der Waals surface area (Å²) in [6.45, 7) is 6.77. The van der Waals surface area contributed by atoms with Crippen LogP contribution in [0, 0.1) is 6.92 Å². The molecule has 0 saturated heterocycles. The predicted molar refractivity (Wildman–Crippen MR) is 174 cm³/mol. The quantitative estimate of drug-likeness (QED) is 0.120. The molecule has 0 bridgehead atoms. The van der Waals surface area contributed by atoms with E-state index in [2.05, 4.69) is 88.2 Å². The SMILES string of the molecule is CC/C=C/C/C=C/C/C=C/C/C=C/C/C=C/CCCC(=O)NCCN(C)CCNC(=O)C/C=C/c1ccc(C)nc1. The number of aryl methyl sites for hydroxylation is 1. The van der Waals surface area contributed by atoms with Gasteiger partial charge in [-0.2, -0.15) is 0 Å². The highest BCUT2D eigenvalue weighted by atomic mass is 16.2. The molecule has 0 aliphatic rings. The van der Waals surface area contributed by atoms with Gasteiger partial charge in [0.25, 0.3) is 0 Å². The van der Waals surface area contributed by atoms with Crippen LogP contribution in [0.1, 0.15) is 76.0 Å². The first-order chi connectivity index (χ1) is 20.0. The van der Waals surface area contributed by atoms with E-state index in [1.807, 2.05) is 38.3 Å². The number of unbranched alkanes of at least 4 members (excludes halogenated alkanes) is 1. The summed E-state index contributed by atoms with van der Waals surface area (Å²) in [6, 6.07) is 3.93. The number of aromatic nitrogens is 1. The molecule has 6 heteroatoms. The number of nitrogens with one attached hydrogen (secondary N) is 2. The molecule has 1 heterocycles. The molecule has 2 amide bonds. The standard InChI is InChI=1S/C35H52N4O2/c1-4-5-6-7-8-9-10-11-12-13-14-15-16-17-18-19-20-23-34(40)36-27-29-39(3)30-28-37-35(41)24-21-22-33-26-25-32(2)38-31-33/h5-6,8-9,11-12,14-15,17-18,21-22,25-26,31H,4,7,10,13,16,19-20,23-24,27-30H2,1-3H3,(H,36,40)(H,37,41)/b6-5+,9-8+,12-11+,15-14+,18-17+,22-21+. The summed E-state index contributed by atoms with van der Waals surface area (Å²) in [7, 11) is 1.99. The van der Waals surface area contributed by atoms with Crippen LogP contribution in [-0.4, -0.2) is 54.9 Å². The Morgan fingerprint density at radius 2 is 1.34 bits per heavy atom. The summed E-state index contributed by atoms with van der Waals surface area (Å²) in [6.07, 6.45) is 35.1. The topological polar surface area (TPSA) is 74.3 Å². The highest BCUT2D eigenvalue weighted by Crippen LogP contribution is 2.03. The fourth-order valence-corrected chi connectivity index (χ4v) is 3.67. The van der Waals surface area contributed by atoms with Crippen molar-refractivity contribution in [3.05, 3.63) is 96.4 Å². The van der Waals surface area contributed by atoms with Crippen LogP contribution in [-0.2, 0) is 9.59 Å². The monoisotopic (exact) mass is 560 g/mol. The first kappa shape index (κ1) is 35.5. The van der Waals surface area contributed by atoms with E-state index >= 15 is 0 Å². The molecule has 224 valence electrons. The molecular formula is C35H52N4O2. The van der Waals surface area contributed by atoms with Crippen molar-refractivity contribution in [1.29, 1.82) is 0 Å². The maximum atomic E-state index is 12.1. The van der Waals surface area contributed by atoms with Crippen LogP contribution in [0.2, 0.25) is 0 Å². The lowest BCUT2D eigenvalue weighted by Gasteiger charge is -2.17. The third-order valence-electron chi connectivity index (χ3n) is 6.11. The molecule has 0 unspecified atom stereocenters. The number of carbonyl (C=O) groups is 2. The highest BCUT2D eigenvalue weighted by molar-refractivity contribution is 5.78. The average Bonchev–Trinajstić information content (AvgIpc) is 2.95. The molecule has 1 aromatic rings. The Bertz CT molecular complexity index is 1000. The van der Waals surface area contributed by atoms with Gasteiger partial charge in [-0.15, -0.1) is 0 Å². The van der Waals surface area contributed by atoms with Crippen LogP contribution in [0.25, 0.3) is 6.08 Å². The minimum absolute atomic E-state index is 0.00413. The minimum atomic E-state index is -0.00413. The smallest absolute Gasteiger partial charge is 0.223 e. The number of hydrogen-bond donors (Lipinski definition) is 2. The number of rotatable bonds is 22. The number of pyridine rings is 1. The van der Waals surface area contributed by atoms with Crippen LogP contribution >= 0.6 is 0 Å². The van der Waals surface area contributed by atoms with E-state index in [1.165, 1.54) is 0 Å². The number of hydrogen-bond acceptors (Lipinski definition) is 4. The molecule has 0 aromatic carbocycles. The summed E-state index contributed by atoms with van der Waals surface area (Å²) in [5.41, 5.74) is 1.96. The number of allylic oxidation sites excluding steroid dienone is 10. The van der Waals surface area contributed by atoms with Crippen molar-refractivity contribution < 1.29 is 9.59 Å². The van der Waals surface area contributed by atoms with Crippen LogP contribution < -0.4 is 10.6 Å². The Labute approximate surface area is 249 Å². The normalized spacial score (nSPS) is 12.4. The average molecular weight is 561 g/mol. The fourth-order valence-electron chi connectivity index (χ4n) is 3.67. The molecule has 0 atom stereocenters. The molecule has 0 aliphatic carbocycles. The van der Waals surface area contributed by atoms with E-state index in [0.29, 0.717) is 25.9 Å². The Morgan fingerprint density at radius 1 is 0.780 bits per heavy atom. The van der Waals surface area contributed by atoms with E-state index in [1.54, 1.807) is 6.20 Å². The second-order valence-corrected chi connectivity index (χ2v) is 9.94. The molecule has 0 saturated carbocycles. The van der Waals surface area contributed by atoms with E-state index in [4.69, 9.17) is 0 Å². The molecule has 0 aliphatic heterocycles. The van der Waals surface area contributed by atoms with Crippen molar-refractivity contribution in [3.63, 3.8) is 0 Å². The maximum absolute atomic E-state index is 12.1. The van der Waals surface area contributed by atoms with Crippen LogP contribution in [0.4, 0.5) is 0 Å². The van der Waals surface area contributed by atoms with Crippen molar-refractivity contribution in [1.82, 2.24) is 20.5 Å². The van der Waals surface area contributed by atoms with E-state index < -0.39 is 0 Å². The number of nitrogens with zero attached hydrogens (tertiary/aromatic N) is 2. The number of likely N-dealkylation sites (N-methyl/N-ethyl adjacent to an activating group) is 1. The molecule has 1 rings (SSSR count). The lowest BCUT2D eigenvalue weighted by atomic mass is 10.2.